The number of nitrogens with zero attached hydrogens (tertiary/aromatic N) is 7. The van der Waals surface area contributed by atoms with Crippen LogP contribution in [0.25, 0.3) is 0 Å². The van der Waals surface area contributed by atoms with Gasteiger partial charge in [0.25, 0.3) is 0 Å². The lowest BCUT2D eigenvalue weighted by molar-refractivity contribution is -0.149. The quantitative estimate of drug-likeness (QED) is 0.165. The van der Waals surface area contributed by atoms with Gasteiger partial charge in [-0.15, -0.1) is 0 Å². The molecule has 0 unspecified atom stereocenters. The van der Waals surface area contributed by atoms with Crippen molar-refractivity contribution in [3.05, 3.63) is 35.9 Å². The fourth-order valence-corrected chi connectivity index (χ4v) is 11.5. The average molecular weight is 1270 g/mol. The summed E-state index contributed by atoms with van der Waals surface area (Å²) >= 11 is 0. The summed E-state index contributed by atoms with van der Waals surface area (Å²) in [5.74, 6) is -9.87. The molecule has 0 aromatic heterocycles. The van der Waals surface area contributed by atoms with Crippen molar-refractivity contribution in [2.45, 2.75) is 214 Å². The van der Waals surface area contributed by atoms with E-state index in [0.29, 0.717) is 31.5 Å². The molecule has 0 aliphatic carbocycles. The van der Waals surface area contributed by atoms with Gasteiger partial charge in [0.05, 0.1) is 19.1 Å². The lowest BCUT2D eigenvalue weighted by atomic mass is 9.97. The molecule has 2 heterocycles. The molecule has 25 heteroatoms. The molecule has 12 amide bonds. The van der Waals surface area contributed by atoms with E-state index in [9.17, 15) is 62.6 Å². The normalized spacial score (nSPS) is 26.5. The van der Waals surface area contributed by atoms with Crippen molar-refractivity contribution in [2.75, 3.05) is 61.9 Å². The van der Waals surface area contributed by atoms with E-state index >= 15 is 0 Å². The minimum Gasteiger partial charge on any atom is -0.391 e. The molecule has 6 N–H and O–H groups in total. The first-order valence-electron chi connectivity index (χ1n) is 32.0. The number of nitrogens with one attached hydrogen (secondary N) is 5. The third-order valence-electron chi connectivity index (χ3n) is 16.9. The highest BCUT2D eigenvalue weighted by atomic mass is 16.3. The van der Waals surface area contributed by atoms with Gasteiger partial charge in [0, 0.05) is 61.8 Å². The molecule has 1 aromatic rings. The first-order valence-corrected chi connectivity index (χ1v) is 32.0. The van der Waals surface area contributed by atoms with Crippen LogP contribution in [-0.4, -0.2) is 239 Å². The van der Waals surface area contributed by atoms with E-state index in [1.54, 1.807) is 49.1 Å². The second kappa shape index (κ2) is 35.4. The number of aliphatic hydroxyl groups is 1. The number of rotatable bonds is 13. The number of piperidine rings is 1. The van der Waals surface area contributed by atoms with E-state index < -0.39 is 156 Å². The van der Waals surface area contributed by atoms with Crippen molar-refractivity contribution in [3.8, 4) is 0 Å². The van der Waals surface area contributed by atoms with Gasteiger partial charge in [-0.2, -0.15) is 0 Å². The smallest absolute Gasteiger partial charge is 0.245 e. The van der Waals surface area contributed by atoms with Crippen LogP contribution in [-0.2, 0) is 64.0 Å². The molecule has 2 aliphatic heterocycles. The first kappa shape index (κ1) is 77.1. The maximum Gasteiger partial charge on any atom is 0.245 e. The Morgan fingerprint density at radius 2 is 0.967 bits per heavy atom. The Bertz CT molecular complexity index is 2650. The predicted molar refractivity (Wildman–Crippen MR) is 341 cm³/mol. The van der Waals surface area contributed by atoms with Crippen molar-refractivity contribution in [2.24, 2.45) is 29.6 Å². The van der Waals surface area contributed by atoms with Crippen molar-refractivity contribution in [1.29, 1.82) is 0 Å². The number of hydrogen-bond acceptors (Lipinski definition) is 13. The number of hydrogen-bond donors (Lipinski definition) is 6. The molecule has 25 nitrogen and oxygen atoms in total. The van der Waals surface area contributed by atoms with Crippen molar-refractivity contribution in [3.63, 3.8) is 0 Å². The van der Waals surface area contributed by atoms with Crippen LogP contribution in [0, 0.1) is 29.6 Å². The Kier molecular flexibility index (Phi) is 30.3. The van der Waals surface area contributed by atoms with E-state index in [4.69, 9.17) is 0 Å². The van der Waals surface area contributed by atoms with Crippen LogP contribution < -0.4 is 26.6 Å². The van der Waals surface area contributed by atoms with Crippen LogP contribution in [0.4, 0.5) is 0 Å². The average Bonchev–Trinajstić information content (AvgIpc) is 0.904. The lowest BCUT2D eigenvalue weighted by Gasteiger charge is -2.37. The highest BCUT2D eigenvalue weighted by Crippen LogP contribution is 2.22. The Hall–Kier alpha value is -7.18. The summed E-state index contributed by atoms with van der Waals surface area (Å²) in [6.07, 6.45) is 0.403. The van der Waals surface area contributed by atoms with Gasteiger partial charge in [-0.3, -0.25) is 57.5 Å². The van der Waals surface area contributed by atoms with E-state index in [0.717, 1.165) is 26.0 Å². The Morgan fingerprint density at radius 3 is 1.46 bits per heavy atom. The number of amides is 12. The molecule has 506 valence electrons. The second-order valence-electron chi connectivity index (χ2n) is 26.9. The standard InChI is InChI=1S/C65H108N12O13/c1-37(2)30-46-64(89)75(18)50(32-39(5)6)57(82)68-48(65(90)77-28-24-21-25-29-77)35-52(79)72(15)43(12)62(87)74(17)51(33-40(7)8)58(83)70-54(44(13)78)59(84)69-47(34-45-26-22-20-23-27-45)63(88)71(14)36-53(80)76(19)55(41(9)10)60(85)66-42(11)61(86)73(16)49(31-38(3)4)56(81)67-46/h20,22-23,26-27,37-44,46-51,54-55,78H,21,24-25,28-36H2,1-19H3,(H,66,85)(H,67,81)(H,68,82)(H,69,84)(H,70,83)/t42-,43+,44+,46-,47-,48-,49-,50-,51-,54-,55-/m0/s1. The van der Waals surface area contributed by atoms with Gasteiger partial charge in [-0.05, 0) is 101 Å². The molecule has 11 atom stereocenters. The lowest BCUT2D eigenvalue weighted by Crippen LogP contribution is -2.62. The Balaban J connectivity index is 2.27. The molecular formula is C65H108N12O13. The zero-order valence-corrected chi connectivity index (χ0v) is 57.1. The summed E-state index contributed by atoms with van der Waals surface area (Å²) in [5, 5.41) is 24.9. The van der Waals surface area contributed by atoms with Gasteiger partial charge in [0.2, 0.25) is 70.9 Å². The van der Waals surface area contributed by atoms with Crippen LogP contribution in [0.2, 0.25) is 0 Å². The summed E-state index contributed by atoms with van der Waals surface area (Å²) < 4.78 is 0. The van der Waals surface area contributed by atoms with Gasteiger partial charge >= 0.3 is 0 Å². The number of carbonyl (C=O) groups excluding carboxylic acids is 12. The van der Waals surface area contributed by atoms with E-state index in [1.807, 2.05) is 55.4 Å². The van der Waals surface area contributed by atoms with Crippen LogP contribution >= 0.6 is 0 Å². The topological polar surface area (TPSA) is 308 Å². The Morgan fingerprint density at radius 1 is 0.500 bits per heavy atom. The second-order valence-corrected chi connectivity index (χ2v) is 26.9. The van der Waals surface area contributed by atoms with Crippen molar-refractivity contribution in [1.82, 2.24) is 60.9 Å². The molecule has 0 spiro atoms. The maximum atomic E-state index is 14.9. The molecular weight excluding hydrogens is 1160 g/mol. The summed E-state index contributed by atoms with van der Waals surface area (Å²) in [4.78, 5) is 183. The van der Waals surface area contributed by atoms with Gasteiger partial charge in [-0.1, -0.05) is 99.6 Å². The molecule has 90 heavy (non-hydrogen) atoms. The number of likely N-dealkylation sites (N-methyl/N-ethyl adjacent to an activating group) is 6. The monoisotopic (exact) mass is 1260 g/mol. The largest absolute Gasteiger partial charge is 0.391 e. The van der Waals surface area contributed by atoms with Crippen LogP contribution in [0.15, 0.2) is 30.3 Å². The minimum absolute atomic E-state index is 0.0545. The summed E-state index contributed by atoms with van der Waals surface area (Å²) in [6, 6.07) is -4.43. The number of aliphatic hydroxyl groups excluding tert-OH is 1. The van der Waals surface area contributed by atoms with Crippen molar-refractivity contribution >= 4 is 70.9 Å². The number of carbonyl (C=O) groups is 12. The van der Waals surface area contributed by atoms with Crippen LogP contribution in [0.3, 0.4) is 0 Å². The molecule has 1 aromatic carbocycles. The summed E-state index contributed by atoms with van der Waals surface area (Å²) in [6.45, 7) is 22.5. The summed E-state index contributed by atoms with van der Waals surface area (Å²) in [7, 11) is 8.30. The highest BCUT2D eigenvalue weighted by Gasteiger charge is 2.42. The molecule has 2 fully saturated rings. The third-order valence-corrected chi connectivity index (χ3v) is 16.9. The van der Waals surface area contributed by atoms with Crippen LogP contribution in [0.1, 0.15) is 147 Å². The zero-order valence-electron chi connectivity index (χ0n) is 57.1. The SMILES string of the molecule is CC(C)C[C@@H]1NC(=O)[C@H](CC(C)C)N(C)C(=O)[C@H](C)NC(=O)[C@H](C(C)C)N(C)C(=O)CN(C)C(=O)[C@H](Cc2ccccc2)NC(=O)[C@H]([C@@H](C)O)NC(=O)[C@H](CC(C)C)N(C)C(=O)[C@@H](C)N(C)C(=O)C[C@@H](C(=O)N2CCCCC2)NC(=O)[C@H](CC(C)C)N(C)C1=O. The molecule has 2 saturated heterocycles. The fourth-order valence-electron chi connectivity index (χ4n) is 11.5. The van der Waals surface area contributed by atoms with E-state index in [2.05, 4.69) is 26.6 Å². The highest BCUT2D eigenvalue weighted by molar-refractivity contribution is 6.00. The fraction of sp³-hybridized carbons (Fsp3) is 0.723. The van der Waals surface area contributed by atoms with Gasteiger partial charge in [-0.25, -0.2) is 0 Å². The Labute approximate surface area is 534 Å². The molecule has 2 aliphatic rings. The molecule has 0 saturated carbocycles. The maximum absolute atomic E-state index is 14.9. The molecule has 0 radical (unpaired) electrons. The number of benzene rings is 1. The van der Waals surface area contributed by atoms with Gasteiger partial charge < -0.3 is 66.0 Å². The van der Waals surface area contributed by atoms with Crippen LogP contribution in [0.5, 0.6) is 0 Å². The number of likely N-dealkylation sites (tertiary alicyclic amines) is 1. The van der Waals surface area contributed by atoms with Gasteiger partial charge in [0.1, 0.15) is 60.4 Å². The molecule has 0 bridgehead atoms. The third kappa shape index (κ3) is 22.0. The zero-order chi connectivity index (χ0) is 68.3. The summed E-state index contributed by atoms with van der Waals surface area (Å²) in [5.41, 5.74) is 0.610. The first-order chi connectivity index (χ1) is 41.9. The van der Waals surface area contributed by atoms with Crippen molar-refractivity contribution < 1.29 is 62.6 Å². The molecule has 3 rings (SSSR count). The predicted octanol–water partition coefficient (Wildman–Crippen LogP) is 1.92. The minimum atomic E-state index is -1.69. The van der Waals surface area contributed by atoms with E-state index in [1.165, 1.54) is 72.9 Å². The van der Waals surface area contributed by atoms with E-state index in [-0.39, 0.29) is 55.8 Å². The van der Waals surface area contributed by atoms with Gasteiger partial charge in [0.15, 0.2) is 0 Å².